The Labute approximate surface area is 164 Å². The SMILES string of the molecule is O=S(=O)(Oc1ccccc1-c1nnc(-c2c(F)cccc2F)o1)c1ccccc1. The van der Waals surface area contributed by atoms with Crippen molar-refractivity contribution in [3.63, 3.8) is 0 Å². The average Bonchev–Trinajstić information content (AvgIpc) is 3.18. The van der Waals surface area contributed by atoms with E-state index in [-0.39, 0.29) is 28.0 Å². The molecular formula is C20H12F2N2O4S. The van der Waals surface area contributed by atoms with Gasteiger partial charge in [-0.15, -0.1) is 10.2 Å². The van der Waals surface area contributed by atoms with Crippen LogP contribution in [0.4, 0.5) is 8.78 Å². The van der Waals surface area contributed by atoms with Crippen LogP contribution >= 0.6 is 0 Å². The minimum Gasteiger partial charge on any atom is -0.416 e. The van der Waals surface area contributed by atoms with Crippen molar-refractivity contribution in [3.8, 4) is 28.7 Å². The van der Waals surface area contributed by atoms with E-state index in [2.05, 4.69) is 10.2 Å². The molecule has 1 aromatic heterocycles. The highest BCUT2D eigenvalue weighted by molar-refractivity contribution is 7.87. The molecule has 0 spiro atoms. The van der Waals surface area contributed by atoms with Gasteiger partial charge in [0.2, 0.25) is 0 Å². The molecule has 0 N–H and O–H groups in total. The molecule has 0 aliphatic rings. The van der Waals surface area contributed by atoms with Crippen molar-refractivity contribution >= 4 is 10.1 Å². The van der Waals surface area contributed by atoms with Gasteiger partial charge in [0, 0.05) is 0 Å². The number of para-hydroxylation sites is 1. The lowest BCUT2D eigenvalue weighted by molar-refractivity contribution is 0.485. The molecule has 29 heavy (non-hydrogen) atoms. The summed E-state index contributed by atoms with van der Waals surface area (Å²) in [7, 11) is -4.11. The monoisotopic (exact) mass is 414 g/mol. The number of aromatic nitrogens is 2. The quantitative estimate of drug-likeness (QED) is 0.449. The van der Waals surface area contributed by atoms with Crippen LogP contribution in [-0.4, -0.2) is 18.6 Å². The van der Waals surface area contributed by atoms with Crippen LogP contribution in [0, 0.1) is 11.6 Å². The number of rotatable bonds is 5. The third kappa shape index (κ3) is 3.72. The lowest BCUT2D eigenvalue weighted by atomic mass is 10.2. The van der Waals surface area contributed by atoms with Crippen LogP contribution in [0.2, 0.25) is 0 Å². The molecule has 4 aromatic rings. The minimum absolute atomic E-state index is 0.0329. The summed E-state index contributed by atoms with van der Waals surface area (Å²) in [6.45, 7) is 0. The summed E-state index contributed by atoms with van der Waals surface area (Å²) >= 11 is 0. The molecule has 9 heteroatoms. The number of hydrogen-bond donors (Lipinski definition) is 0. The molecule has 0 atom stereocenters. The van der Waals surface area contributed by atoms with Crippen LogP contribution in [-0.2, 0) is 10.1 Å². The molecule has 3 aromatic carbocycles. The predicted molar refractivity (Wildman–Crippen MR) is 99.3 cm³/mol. The summed E-state index contributed by atoms with van der Waals surface area (Å²) in [5.74, 6) is -2.33. The van der Waals surface area contributed by atoms with Crippen LogP contribution < -0.4 is 4.18 Å². The van der Waals surface area contributed by atoms with Gasteiger partial charge in [-0.05, 0) is 36.4 Å². The first-order valence-electron chi connectivity index (χ1n) is 8.32. The van der Waals surface area contributed by atoms with E-state index in [1.807, 2.05) is 0 Å². The van der Waals surface area contributed by atoms with Crippen molar-refractivity contribution in [2.75, 3.05) is 0 Å². The highest BCUT2D eigenvalue weighted by atomic mass is 32.2. The molecule has 0 radical (unpaired) electrons. The molecule has 0 aliphatic heterocycles. The topological polar surface area (TPSA) is 82.3 Å². The van der Waals surface area contributed by atoms with Crippen LogP contribution in [0.1, 0.15) is 0 Å². The van der Waals surface area contributed by atoms with Gasteiger partial charge in [0.1, 0.15) is 22.1 Å². The van der Waals surface area contributed by atoms with Gasteiger partial charge in [0.05, 0.1) is 5.56 Å². The van der Waals surface area contributed by atoms with Gasteiger partial charge in [0.15, 0.2) is 5.75 Å². The summed E-state index contributed by atoms with van der Waals surface area (Å²) in [5.41, 5.74) is -0.316. The third-order valence-corrected chi connectivity index (χ3v) is 5.20. The molecule has 0 bridgehead atoms. The fourth-order valence-electron chi connectivity index (χ4n) is 2.60. The summed E-state index contributed by atoms with van der Waals surface area (Å²) < 4.78 is 63.6. The van der Waals surface area contributed by atoms with Crippen molar-refractivity contribution in [3.05, 3.63) is 84.4 Å². The van der Waals surface area contributed by atoms with Gasteiger partial charge in [-0.1, -0.05) is 36.4 Å². The third-order valence-electron chi connectivity index (χ3n) is 3.95. The number of benzene rings is 3. The summed E-state index contributed by atoms with van der Waals surface area (Å²) in [6.07, 6.45) is 0. The normalized spacial score (nSPS) is 11.4. The smallest absolute Gasteiger partial charge is 0.339 e. The van der Waals surface area contributed by atoms with Crippen molar-refractivity contribution in [2.24, 2.45) is 0 Å². The van der Waals surface area contributed by atoms with Gasteiger partial charge in [-0.25, -0.2) is 8.78 Å². The van der Waals surface area contributed by atoms with Crippen LogP contribution in [0.5, 0.6) is 5.75 Å². The lowest BCUT2D eigenvalue weighted by Crippen LogP contribution is -2.10. The highest BCUT2D eigenvalue weighted by Crippen LogP contribution is 2.33. The Morgan fingerprint density at radius 2 is 1.38 bits per heavy atom. The molecule has 0 unspecified atom stereocenters. The second-order valence-corrected chi connectivity index (χ2v) is 7.40. The van der Waals surface area contributed by atoms with E-state index in [1.54, 1.807) is 30.3 Å². The lowest BCUT2D eigenvalue weighted by Gasteiger charge is -2.09. The van der Waals surface area contributed by atoms with E-state index in [9.17, 15) is 17.2 Å². The maximum atomic E-state index is 14.0. The van der Waals surface area contributed by atoms with Crippen molar-refractivity contribution in [2.45, 2.75) is 4.90 Å². The molecule has 1 heterocycles. The van der Waals surface area contributed by atoms with Gasteiger partial charge in [-0.3, -0.25) is 0 Å². The zero-order valence-electron chi connectivity index (χ0n) is 14.6. The Balaban J connectivity index is 1.73. The van der Waals surface area contributed by atoms with Gasteiger partial charge >= 0.3 is 10.1 Å². The van der Waals surface area contributed by atoms with Gasteiger partial charge in [-0.2, -0.15) is 8.42 Å². The zero-order chi connectivity index (χ0) is 20.4. The fraction of sp³-hybridized carbons (Fsp3) is 0. The first-order chi connectivity index (χ1) is 14.0. The largest absolute Gasteiger partial charge is 0.416 e. The fourth-order valence-corrected chi connectivity index (χ4v) is 3.57. The Morgan fingerprint density at radius 3 is 2.10 bits per heavy atom. The van der Waals surface area contributed by atoms with E-state index >= 15 is 0 Å². The maximum Gasteiger partial charge on any atom is 0.339 e. The van der Waals surface area contributed by atoms with Crippen molar-refractivity contribution in [1.29, 1.82) is 0 Å². The highest BCUT2D eigenvalue weighted by Gasteiger charge is 2.23. The average molecular weight is 414 g/mol. The second-order valence-electron chi connectivity index (χ2n) is 5.86. The standard InChI is InChI=1S/C20H12F2N2O4S/c21-15-10-6-11-16(22)18(15)20-24-23-19(27-20)14-9-4-5-12-17(14)28-29(25,26)13-7-2-1-3-8-13/h1-12H. The summed E-state index contributed by atoms with van der Waals surface area (Å²) in [4.78, 5) is -0.0329. The second kappa shape index (κ2) is 7.44. The van der Waals surface area contributed by atoms with Crippen LogP contribution in [0.3, 0.4) is 0 Å². The predicted octanol–water partition coefficient (Wildman–Crippen LogP) is 4.45. The molecule has 0 saturated heterocycles. The summed E-state index contributed by atoms with van der Waals surface area (Å²) in [5, 5.41) is 7.46. The Kier molecular flexibility index (Phi) is 4.81. The van der Waals surface area contributed by atoms with Crippen LogP contribution in [0.15, 0.2) is 82.1 Å². The first-order valence-corrected chi connectivity index (χ1v) is 9.73. The van der Waals surface area contributed by atoms with Gasteiger partial charge in [0.25, 0.3) is 11.8 Å². The first kappa shape index (κ1) is 18.8. The van der Waals surface area contributed by atoms with Gasteiger partial charge < -0.3 is 8.60 Å². The minimum atomic E-state index is -4.11. The maximum absolute atomic E-state index is 14.0. The molecule has 0 aliphatic carbocycles. The molecule has 6 nitrogen and oxygen atoms in total. The summed E-state index contributed by atoms with van der Waals surface area (Å²) in [6, 6.07) is 17.0. The molecular weight excluding hydrogens is 402 g/mol. The van der Waals surface area contributed by atoms with Crippen molar-refractivity contribution < 1.29 is 25.8 Å². The van der Waals surface area contributed by atoms with E-state index in [0.29, 0.717) is 0 Å². The molecule has 4 rings (SSSR count). The Morgan fingerprint density at radius 1 is 0.759 bits per heavy atom. The number of halogens is 2. The molecule has 0 saturated carbocycles. The number of nitrogens with zero attached hydrogens (tertiary/aromatic N) is 2. The molecule has 0 amide bonds. The van der Waals surface area contributed by atoms with Crippen molar-refractivity contribution in [1.82, 2.24) is 10.2 Å². The van der Waals surface area contributed by atoms with E-state index in [4.69, 9.17) is 8.60 Å². The Hall–Kier alpha value is -3.59. The van der Waals surface area contributed by atoms with E-state index in [0.717, 1.165) is 12.1 Å². The molecule has 146 valence electrons. The van der Waals surface area contributed by atoms with E-state index in [1.165, 1.54) is 30.3 Å². The number of hydrogen-bond acceptors (Lipinski definition) is 6. The zero-order valence-corrected chi connectivity index (χ0v) is 15.4. The molecule has 0 fully saturated rings. The Bertz CT molecular complexity index is 1250. The van der Waals surface area contributed by atoms with E-state index < -0.39 is 27.3 Å². The van der Waals surface area contributed by atoms with Crippen LogP contribution in [0.25, 0.3) is 22.9 Å².